The quantitative estimate of drug-likeness (QED) is 0.395. The largest absolute Gasteiger partial charge is 0.303 e. The van der Waals surface area contributed by atoms with Crippen molar-refractivity contribution < 1.29 is 9.59 Å². The molecule has 2 heteroatoms. The lowest BCUT2D eigenvalue weighted by Crippen LogP contribution is -1.88. The molecular formula is C6H8O2. The van der Waals surface area contributed by atoms with Crippen LogP contribution in [0.1, 0.15) is 13.3 Å². The van der Waals surface area contributed by atoms with Crippen molar-refractivity contribution in [2.75, 3.05) is 0 Å². The average Bonchev–Trinajstić information content (AvgIpc) is 1.68. The van der Waals surface area contributed by atoms with Crippen molar-refractivity contribution in [3.05, 3.63) is 6.08 Å². The monoisotopic (exact) mass is 112 g/mol. The van der Waals surface area contributed by atoms with Gasteiger partial charge in [-0.1, -0.05) is 6.92 Å². The molecule has 0 saturated carbocycles. The second-order valence-corrected chi connectivity index (χ2v) is 1.66. The summed E-state index contributed by atoms with van der Waals surface area (Å²) in [4.78, 5) is 19.3. The van der Waals surface area contributed by atoms with E-state index in [4.69, 9.17) is 0 Å². The minimum absolute atomic E-state index is 0.0463. The smallest absolute Gasteiger partial charge is 0.120 e. The number of aldehydes is 1. The van der Waals surface area contributed by atoms with E-state index in [1.54, 1.807) is 12.9 Å². The van der Waals surface area contributed by atoms with Gasteiger partial charge in [-0.05, 0) is 5.92 Å². The first-order valence-corrected chi connectivity index (χ1v) is 2.46. The zero-order valence-electron chi connectivity index (χ0n) is 4.76. The highest BCUT2D eigenvalue weighted by Gasteiger charge is 1.92. The van der Waals surface area contributed by atoms with Crippen LogP contribution in [0.15, 0.2) is 6.08 Å². The zero-order valence-corrected chi connectivity index (χ0v) is 4.76. The van der Waals surface area contributed by atoms with Crippen molar-refractivity contribution in [3.63, 3.8) is 0 Å². The van der Waals surface area contributed by atoms with Gasteiger partial charge in [-0.3, -0.25) is 0 Å². The van der Waals surface area contributed by atoms with E-state index >= 15 is 0 Å². The Bertz CT molecular complexity index is 112. The van der Waals surface area contributed by atoms with Gasteiger partial charge in [0.25, 0.3) is 0 Å². The maximum Gasteiger partial charge on any atom is 0.120 e. The van der Waals surface area contributed by atoms with Crippen molar-refractivity contribution in [2.24, 2.45) is 5.92 Å². The first-order chi connectivity index (χ1) is 3.81. The van der Waals surface area contributed by atoms with E-state index in [1.165, 1.54) is 6.08 Å². The van der Waals surface area contributed by atoms with E-state index in [0.717, 1.165) is 6.29 Å². The Morgan fingerprint density at radius 1 is 1.75 bits per heavy atom. The molecule has 0 aliphatic rings. The number of hydrogen-bond acceptors (Lipinski definition) is 2. The van der Waals surface area contributed by atoms with Crippen LogP contribution in [0, 0.1) is 5.92 Å². The lowest BCUT2D eigenvalue weighted by molar-refractivity contribution is -0.108. The molecule has 0 bridgehead atoms. The van der Waals surface area contributed by atoms with Gasteiger partial charge in [0.05, 0.1) is 0 Å². The normalized spacial score (nSPS) is 11.6. The Hall–Kier alpha value is -0.880. The van der Waals surface area contributed by atoms with Crippen molar-refractivity contribution >= 4 is 12.2 Å². The molecular weight excluding hydrogens is 104 g/mol. The van der Waals surface area contributed by atoms with Crippen LogP contribution in [-0.2, 0) is 9.59 Å². The molecule has 0 saturated heterocycles. The van der Waals surface area contributed by atoms with Crippen LogP contribution in [0.4, 0.5) is 0 Å². The van der Waals surface area contributed by atoms with Crippen LogP contribution in [0.2, 0.25) is 0 Å². The molecule has 0 aliphatic carbocycles. The van der Waals surface area contributed by atoms with Gasteiger partial charge >= 0.3 is 0 Å². The van der Waals surface area contributed by atoms with E-state index < -0.39 is 0 Å². The third-order valence-corrected chi connectivity index (χ3v) is 0.821. The summed E-state index contributed by atoms with van der Waals surface area (Å²) in [5.41, 5.74) is 0. The van der Waals surface area contributed by atoms with Crippen LogP contribution < -0.4 is 0 Å². The molecule has 0 radical (unpaired) electrons. The number of allylic oxidation sites excluding steroid dienone is 1. The third kappa shape index (κ3) is 3.32. The molecule has 2 nitrogen and oxygen atoms in total. The Kier molecular flexibility index (Phi) is 3.81. The highest BCUT2D eigenvalue weighted by atomic mass is 16.1. The van der Waals surface area contributed by atoms with Gasteiger partial charge in [-0.2, -0.15) is 0 Å². The fraction of sp³-hybridized carbons (Fsp3) is 0.500. The summed E-state index contributed by atoms with van der Waals surface area (Å²) in [6.07, 6.45) is 2.54. The molecule has 0 spiro atoms. The number of rotatable bonds is 3. The van der Waals surface area contributed by atoms with Crippen molar-refractivity contribution in [1.82, 2.24) is 0 Å². The fourth-order valence-corrected chi connectivity index (χ4v) is 0.336. The van der Waals surface area contributed by atoms with Gasteiger partial charge in [0, 0.05) is 12.5 Å². The summed E-state index contributed by atoms with van der Waals surface area (Å²) in [7, 11) is 0. The Morgan fingerprint density at radius 3 is 2.75 bits per heavy atom. The number of hydrogen-bond donors (Lipinski definition) is 0. The SMILES string of the molecule is CC(C=C=O)CC=O. The van der Waals surface area contributed by atoms with Crippen molar-refractivity contribution in [3.8, 4) is 0 Å². The Labute approximate surface area is 48.2 Å². The van der Waals surface area contributed by atoms with Crippen LogP contribution in [0.25, 0.3) is 0 Å². The highest BCUT2D eigenvalue weighted by Crippen LogP contribution is 1.96. The minimum Gasteiger partial charge on any atom is -0.303 e. The summed E-state index contributed by atoms with van der Waals surface area (Å²) in [6, 6.07) is 0. The van der Waals surface area contributed by atoms with Gasteiger partial charge < -0.3 is 4.79 Å². The van der Waals surface area contributed by atoms with Crippen LogP contribution in [-0.4, -0.2) is 12.2 Å². The number of carbonyl (C=O) groups is 1. The second kappa shape index (κ2) is 4.28. The summed E-state index contributed by atoms with van der Waals surface area (Å²) in [5.74, 6) is 1.66. The second-order valence-electron chi connectivity index (χ2n) is 1.66. The van der Waals surface area contributed by atoms with Gasteiger partial charge in [-0.25, -0.2) is 4.79 Å². The lowest BCUT2D eigenvalue weighted by Gasteiger charge is -1.91. The van der Waals surface area contributed by atoms with E-state index in [-0.39, 0.29) is 5.92 Å². The first-order valence-electron chi connectivity index (χ1n) is 2.46. The predicted octanol–water partition coefficient (Wildman–Crippen LogP) is 0.599. The highest BCUT2D eigenvalue weighted by molar-refractivity contribution is 5.53. The molecule has 44 valence electrons. The molecule has 0 aromatic heterocycles. The summed E-state index contributed by atoms with van der Waals surface area (Å²) in [6.45, 7) is 1.79. The van der Waals surface area contributed by atoms with Crippen LogP contribution in [0.3, 0.4) is 0 Å². The molecule has 0 aliphatic heterocycles. The molecule has 0 N–H and O–H groups in total. The lowest BCUT2D eigenvalue weighted by atomic mass is 10.1. The van der Waals surface area contributed by atoms with Crippen molar-refractivity contribution in [1.29, 1.82) is 0 Å². The molecule has 0 fully saturated rings. The summed E-state index contributed by atoms with van der Waals surface area (Å²) in [5, 5.41) is 0. The van der Waals surface area contributed by atoms with E-state index in [0.29, 0.717) is 6.42 Å². The molecule has 1 unspecified atom stereocenters. The van der Waals surface area contributed by atoms with E-state index in [1.807, 2.05) is 0 Å². The van der Waals surface area contributed by atoms with Crippen LogP contribution >= 0.6 is 0 Å². The van der Waals surface area contributed by atoms with Gasteiger partial charge in [0.2, 0.25) is 0 Å². The molecule has 0 aromatic rings. The average molecular weight is 112 g/mol. The topological polar surface area (TPSA) is 34.1 Å². The molecule has 0 heterocycles. The van der Waals surface area contributed by atoms with E-state index in [2.05, 4.69) is 0 Å². The van der Waals surface area contributed by atoms with Gasteiger partial charge in [-0.15, -0.1) is 0 Å². The Balaban J connectivity index is 3.46. The predicted molar refractivity (Wildman–Crippen MR) is 30.1 cm³/mol. The first kappa shape index (κ1) is 7.12. The number of carbonyl (C=O) groups excluding carboxylic acids is 2. The molecule has 0 aromatic carbocycles. The van der Waals surface area contributed by atoms with Crippen molar-refractivity contribution in [2.45, 2.75) is 13.3 Å². The standard InChI is InChI=1S/C6H8O2/c1-6(2-4-7)3-5-8/h2,5-6H,3H2,1H3. The summed E-state index contributed by atoms with van der Waals surface area (Å²) < 4.78 is 0. The maximum absolute atomic E-state index is 9.74. The fourth-order valence-electron chi connectivity index (χ4n) is 0.336. The molecule has 8 heavy (non-hydrogen) atoms. The van der Waals surface area contributed by atoms with E-state index in [9.17, 15) is 9.59 Å². The zero-order chi connectivity index (χ0) is 6.41. The van der Waals surface area contributed by atoms with Gasteiger partial charge in [0.1, 0.15) is 12.2 Å². The Morgan fingerprint density at radius 2 is 2.38 bits per heavy atom. The van der Waals surface area contributed by atoms with Gasteiger partial charge in [0.15, 0.2) is 0 Å². The third-order valence-electron chi connectivity index (χ3n) is 0.821. The maximum atomic E-state index is 9.74. The van der Waals surface area contributed by atoms with Crippen LogP contribution in [0.5, 0.6) is 0 Å². The molecule has 1 atom stereocenters. The molecule has 0 rings (SSSR count). The summed E-state index contributed by atoms with van der Waals surface area (Å²) >= 11 is 0. The minimum atomic E-state index is 0.0463. The molecule has 0 amide bonds.